The normalized spacial score (nSPS) is 10.2. The van der Waals surface area contributed by atoms with Crippen LogP contribution in [0.1, 0.15) is 28.5 Å². The monoisotopic (exact) mass is 286 g/mol. The van der Waals surface area contributed by atoms with Crippen LogP contribution in [0.25, 0.3) is 0 Å². The molecule has 0 unspecified atom stereocenters. The molecule has 0 spiro atoms. The Labute approximate surface area is 123 Å². The van der Waals surface area contributed by atoms with Gasteiger partial charge in [0.05, 0.1) is 36.3 Å². The number of esters is 1. The van der Waals surface area contributed by atoms with Crippen molar-refractivity contribution < 1.29 is 9.53 Å². The van der Waals surface area contributed by atoms with Crippen molar-refractivity contribution in [3.63, 3.8) is 0 Å². The van der Waals surface area contributed by atoms with Crippen LogP contribution in [0, 0.1) is 6.92 Å². The van der Waals surface area contributed by atoms with Crippen LogP contribution in [0.15, 0.2) is 30.6 Å². The number of hydrogen-bond donors (Lipinski definition) is 2. The minimum atomic E-state index is -0.450. The fourth-order valence-electron chi connectivity index (χ4n) is 1.83. The van der Waals surface area contributed by atoms with Crippen molar-refractivity contribution in [1.29, 1.82) is 0 Å². The molecule has 0 fully saturated rings. The number of nitrogens with zero attached hydrogens (tertiary/aromatic N) is 2. The highest BCUT2D eigenvalue weighted by atomic mass is 16.5. The molecule has 0 atom stereocenters. The highest BCUT2D eigenvalue weighted by Gasteiger charge is 2.12. The summed E-state index contributed by atoms with van der Waals surface area (Å²) in [5.41, 5.74) is 8.37. The fourth-order valence-corrected chi connectivity index (χ4v) is 1.83. The Morgan fingerprint density at radius 3 is 2.95 bits per heavy atom. The van der Waals surface area contributed by atoms with E-state index in [0.29, 0.717) is 30.2 Å². The van der Waals surface area contributed by atoms with Crippen LogP contribution in [0.2, 0.25) is 0 Å². The molecule has 2 rings (SSSR count). The first-order chi connectivity index (χ1) is 10.1. The molecule has 0 bridgehead atoms. The number of aromatic nitrogens is 2. The molecule has 0 aliphatic carbocycles. The van der Waals surface area contributed by atoms with Crippen LogP contribution in [0.5, 0.6) is 0 Å². The second-order valence-corrected chi connectivity index (χ2v) is 4.50. The van der Waals surface area contributed by atoms with E-state index in [-0.39, 0.29) is 0 Å². The lowest BCUT2D eigenvalue weighted by molar-refractivity contribution is 0.0527. The largest absolute Gasteiger partial charge is 0.462 e. The maximum absolute atomic E-state index is 11.8. The predicted octanol–water partition coefficient (Wildman–Crippen LogP) is 2.16. The highest BCUT2D eigenvalue weighted by Crippen LogP contribution is 2.17. The number of carbonyl (C=O) groups is 1. The second kappa shape index (κ2) is 6.69. The summed E-state index contributed by atoms with van der Waals surface area (Å²) in [6.07, 6.45) is 3.18. The maximum atomic E-state index is 11.8. The van der Waals surface area contributed by atoms with Gasteiger partial charge >= 0.3 is 5.97 Å². The van der Waals surface area contributed by atoms with Gasteiger partial charge in [-0.05, 0) is 31.5 Å². The number of rotatable bonds is 5. The molecule has 0 aliphatic rings. The van der Waals surface area contributed by atoms with Gasteiger partial charge in [0.15, 0.2) is 0 Å². The molecule has 0 saturated carbocycles. The molecule has 0 aromatic carbocycles. The standard InChI is InChI=1S/C15H18N4O2/c1-3-21-15(20)11-7-14(18-8-12(11)16)19-9-13-10(2)5-4-6-17-13/h4-8H,3,9,16H2,1-2H3,(H,18,19). The van der Waals surface area contributed by atoms with Gasteiger partial charge in [-0.15, -0.1) is 0 Å². The van der Waals surface area contributed by atoms with Crippen molar-refractivity contribution in [2.45, 2.75) is 20.4 Å². The Kier molecular flexibility index (Phi) is 4.71. The lowest BCUT2D eigenvalue weighted by Crippen LogP contribution is -2.11. The number of anilines is 2. The third-order valence-corrected chi connectivity index (χ3v) is 2.98. The van der Waals surface area contributed by atoms with Gasteiger partial charge in [-0.25, -0.2) is 9.78 Å². The average Bonchev–Trinajstić information content (AvgIpc) is 2.48. The van der Waals surface area contributed by atoms with E-state index in [1.807, 2.05) is 19.1 Å². The minimum Gasteiger partial charge on any atom is -0.462 e. The smallest absolute Gasteiger partial charge is 0.340 e. The number of pyridine rings is 2. The first kappa shape index (κ1) is 14.8. The van der Waals surface area contributed by atoms with Crippen molar-refractivity contribution in [2.24, 2.45) is 0 Å². The van der Waals surface area contributed by atoms with Gasteiger partial charge in [-0.1, -0.05) is 6.07 Å². The predicted molar refractivity (Wildman–Crippen MR) is 80.9 cm³/mol. The summed E-state index contributed by atoms with van der Waals surface area (Å²) < 4.78 is 4.96. The van der Waals surface area contributed by atoms with Crippen molar-refractivity contribution >= 4 is 17.5 Å². The molecule has 21 heavy (non-hydrogen) atoms. The van der Waals surface area contributed by atoms with Gasteiger partial charge in [0.2, 0.25) is 0 Å². The summed E-state index contributed by atoms with van der Waals surface area (Å²) in [5, 5.41) is 3.13. The van der Waals surface area contributed by atoms with Crippen molar-refractivity contribution in [3.8, 4) is 0 Å². The quantitative estimate of drug-likeness (QED) is 0.819. The Morgan fingerprint density at radius 2 is 2.24 bits per heavy atom. The Hall–Kier alpha value is -2.63. The van der Waals surface area contributed by atoms with E-state index in [1.54, 1.807) is 19.2 Å². The Bertz CT molecular complexity index is 643. The maximum Gasteiger partial charge on any atom is 0.340 e. The first-order valence-electron chi connectivity index (χ1n) is 6.68. The molecule has 0 aliphatic heterocycles. The van der Waals surface area contributed by atoms with Crippen LogP contribution in [0.4, 0.5) is 11.5 Å². The fraction of sp³-hybridized carbons (Fsp3) is 0.267. The Balaban J connectivity index is 2.12. The van der Waals surface area contributed by atoms with E-state index >= 15 is 0 Å². The summed E-state index contributed by atoms with van der Waals surface area (Å²) in [7, 11) is 0. The summed E-state index contributed by atoms with van der Waals surface area (Å²) in [6.45, 7) is 4.56. The van der Waals surface area contributed by atoms with Gasteiger partial charge in [-0.2, -0.15) is 0 Å². The molecule has 2 aromatic heterocycles. The number of hydrogen-bond acceptors (Lipinski definition) is 6. The number of ether oxygens (including phenoxy) is 1. The van der Waals surface area contributed by atoms with Gasteiger partial charge in [0.25, 0.3) is 0 Å². The van der Waals surface area contributed by atoms with Crippen LogP contribution in [-0.4, -0.2) is 22.5 Å². The molecule has 6 heteroatoms. The Morgan fingerprint density at radius 1 is 1.43 bits per heavy atom. The zero-order valence-corrected chi connectivity index (χ0v) is 12.1. The number of nitrogens with one attached hydrogen (secondary N) is 1. The third kappa shape index (κ3) is 3.68. The molecular formula is C15H18N4O2. The van der Waals surface area contributed by atoms with E-state index in [1.165, 1.54) is 6.20 Å². The van der Waals surface area contributed by atoms with Gasteiger partial charge < -0.3 is 15.8 Å². The van der Waals surface area contributed by atoms with E-state index in [4.69, 9.17) is 10.5 Å². The van der Waals surface area contributed by atoms with Crippen molar-refractivity contribution in [3.05, 3.63) is 47.4 Å². The number of nitrogens with two attached hydrogens (primary N) is 1. The zero-order valence-electron chi connectivity index (χ0n) is 12.1. The summed E-state index contributed by atoms with van der Waals surface area (Å²) in [5.74, 6) is 0.103. The average molecular weight is 286 g/mol. The van der Waals surface area contributed by atoms with Gasteiger partial charge in [0.1, 0.15) is 5.82 Å². The van der Waals surface area contributed by atoms with E-state index in [2.05, 4.69) is 15.3 Å². The van der Waals surface area contributed by atoms with E-state index in [9.17, 15) is 4.79 Å². The van der Waals surface area contributed by atoms with E-state index in [0.717, 1.165) is 11.3 Å². The zero-order chi connectivity index (χ0) is 15.2. The van der Waals surface area contributed by atoms with Crippen LogP contribution in [0.3, 0.4) is 0 Å². The van der Waals surface area contributed by atoms with Crippen LogP contribution >= 0.6 is 0 Å². The molecule has 0 amide bonds. The molecule has 0 radical (unpaired) electrons. The van der Waals surface area contributed by atoms with Crippen LogP contribution < -0.4 is 11.1 Å². The number of nitrogen functional groups attached to an aromatic ring is 1. The van der Waals surface area contributed by atoms with E-state index < -0.39 is 5.97 Å². The summed E-state index contributed by atoms with van der Waals surface area (Å²) in [4.78, 5) is 20.2. The molecule has 0 saturated heterocycles. The first-order valence-corrected chi connectivity index (χ1v) is 6.68. The molecular weight excluding hydrogens is 268 g/mol. The lowest BCUT2D eigenvalue weighted by atomic mass is 10.2. The number of carbonyl (C=O) groups excluding carboxylic acids is 1. The SMILES string of the molecule is CCOC(=O)c1cc(NCc2ncccc2C)ncc1N. The topological polar surface area (TPSA) is 90.1 Å². The molecule has 3 N–H and O–H groups in total. The molecule has 2 heterocycles. The number of aryl methyl sites for hydroxylation is 1. The minimum absolute atomic E-state index is 0.299. The van der Waals surface area contributed by atoms with Crippen molar-refractivity contribution in [1.82, 2.24) is 9.97 Å². The summed E-state index contributed by atoms with van der Waals surface area (Å²) >= 11 is 0. The third-order valence-electron chi connectivity index (χ3n) is 2.98. The summed E-state index contributed by atoms with van der Waals surface area (Å²) in [6, 6.07) is 5.47. The molecule has 2 aromatic rings. The molecule has 110 valence electrons. The van der Waals surface area contributed by atoms with Gasteiger partial charge in [0, 0.05) is 6.20 Å². The highest BCUT2D eigenvalue weighted by molar-refractivity contribution is 5.95. The lowest BCUT2D eigenvalue weighted by Gasteiger charge is -2.10. The van der Waals surface area contributed by atoms with Crippen molar-refractivity contribution in [2.75, 3.05) is 17.7 Å². The van der Waals surface area contributed by atoms with Gasteiger partial charge in [-0.3, -0.25) is 4.98 Å². The second-order valence-electron chi connectivity index (χ2n) is 4.50. The van der Waals surface area contributed by atoms with Crippen LogP contribution in [-0.2, 0) is 11.3 Å². The molecule has 6 nitrogen and oxygen atoms in total.